The number of ether oxygens (including phenoxy) is 3. The normalized spacial score (nSPS) is 14.0. The van der Waals surface area contributed by atoms with E-state index in [0.29, 0.717) is 62.7 Å². The second-order valence-corrected chi connectivity index (χ2v) is 18.5. The zero-order valence-corrected chi connectivity index (χ0v) is 28.7. The Morgan fingerprint density at radius 3 is 2.45 bits per heavy atom. The average molecular weight is 665 g/mol. The molecular weight excluding hydrogens is 622 g/mol. The Balaban J connectivity index is 1.46. The smallest absolute Gasteiger partial charge is 0.232 e. The molecular formula is C33H42F2N8O3Si. The van der Waals surface area contributed by atoms with Crippen LogP contribution >= 0.6 is 0 Å². The molecule has 4 heterocycles. The lowest BCUT2D eigenvalue weighted by Crippen LogP contribution is -2.38. The Morgan fingerprint density at radius 2 is 1.74 bits per heavy atom. The molecule has 1 aliphatic heterocycles. The highest BCUT2D eigenvalue weighted by molar-refractivity contribution is 6.76. The quantitative estimate of drug-likeness (QED) is 0.116. The van der Waals surface area contributed by atoms with E-state index in [4.69, 9.17) is 29.3 Å². The molecule has 5 aromatic rings. The zero-order valence-electron chi connectivity index (χ0n) is 27.7. The summed E-state index contributed by atoms with van der Waals surface area (Å²) in [5.41, 5.74) is 3.13. The van der Waals surface area contributed by atoms with Crippen molar-refractivity contribution in [1.29, 1.82) is 0 Å². The van der Waals surface area contributed by atoms with Crippen molar-refractivity contribution in [3.8, 4) is 5.75 Å². The summed E-state index contributed by atoms with van der Waals surface area (Å²) >= 11 is 0. The molecule has 1 aliphatic rings. The standard InChI is InChI=1S/C33H42F2N8O3Si/c1-6-24-19-36-43-31(24)38-32(40-13-15-45-16-14-40)39-33(43)41(20-23-7-9-25(44-2)10-8-23)21-28-37-30-27(12-11-26(34)29(30)35)42(28)22-46-17-18-47(3,4)5/h7-12,19H,6,13-18,20-22H2,1-5H3. The van der Waals surface area contributed by atoms with Gasteiger partial charge in [0, 0.05) is 39.9 Å². The average Bonchev–Trinajstić information content (AvgIpc) is 3.65. The second-order valence-electron chi connectivity index (χ2n) is 12.9. The molecule has 14 heteroatoms. The van der Waals surface area contributed by atoms with Crippen molar-refractivity contribution in [2.24, 2.45) is 0 Å². The van der Waals surface area contributed by atoms with Gasteiger partial charge in [-0.1, -0.05) is 38.7 Å². The van der Waals surface area contributed by atoms with Crippen LogP contribution in [-0.2, 0) is 35.7 Å². The lowest BCUT2D eigenvalue weighted by molar-refractivity contribution is 0.0878. The molecule has 0 aliphatic carbocycles. The number of halogens is 2. The molecule has 47 heavy (non-hydrogen) atoms. The van der Waals surface area contributed by atoms with Crippen LogP contribution in [0.3, 0.4) is 0 Å². The Kier molecular flexibility index (Phi) is 9.71. The monoisotopic (exact) mass is 664 g/mol. The number of aromatic nitrogens is 6. The first-order chi connectivity index (χ1) is 22.6. The highest BCUT2D eigenvalue weighted by atomic mass is 28.3. The predicted molar refractivity (Wildman–Crippen MR) is 180 cm³/mol. The van der Waals surface area contributed by atoms with Gasteiger partial charge in [-0.2, -0.15) is 19.6 Å². The third-order valence-corrected chi connectivity index (χ3v) is 10.0. The summed E-state index contributed by atoms with van der Waals surface area (Å²) in [5, 5.41) is 4.71. The van der Waals surface area contributed by atoms with Gasteiger partial charge in [0.25, 0.3) is 0 Å². The largest absolute Gasteiger partial charge is 0.497 e. The SMILES string of the molecule is CCc1cnn2c(N(Cc3ccc(OC)cc3)Cc3nc4c(F)c(F)ccc4n3COCC[Si](C)(C)C)nc(N3CCOCC3)nc12. The van der Waals surface area contributed by atoms with Crippen LogP contribution in [0.1, 0.15) is 23.9 Å². The van der Waals surface area contributed by atoms with E-state index in [1.807, 2.05) is 39.9 Å². The highest BCUT2D eigenvalue weighted by Crippen LogP contribution is 2.28. The maximum Gasteiger partial charge on any atom is 0.232 e. The van der Waals surface area contributed by atoms with E-state index in [9.17, 15) is 4.39 Å². The van der Waals surface area contributed by atoms with Gasteiger partial charge in [-0.05, 0) is 42.3 Å². The molecule has 0 spiro atoms. The maximum atomic E-state index is 15.2. The van der Waals surface area contributed by atoms with Gasteiger partial charge >= 0.3 is 0 Å². The van der Waals surface area contributed by atoms with E-state index in [2.05, 4.69) is 36.4 Å². The second kappa shape index (κ2) is 13.9. The van der Waals surface area contributed by atoms with E-state index in [0.717, 1.165) is 41.1 Å². The van der Waals surface area contributed by atoms with Crippen molar-refractivity contribution >= 4 is 36.7 Å². The van der Waals surface area contributed by atoms with Crippen molar-refractivity contribution in [3.05, 3.63) is 71.2 Å². The molecule has 250 valence electrons. The lowest BCUT2D eigenvalue weighted by Gasteiger charge is -2.29. The van der Waals surface area contributed by atoms with E-state index >= 15 is 4.39 Å². The molecule has 2 aromatic carbocycles. The first-order valence-electron chi connectivity index (χ1n) is 16.0. The number of benzene rings is 2. The molecule has 0 unspecified atom stereocenters. The summed E-state index contributed by atoms with van der Waals surface area (Å²) in [6, 6.07) is 11.5. The van der Waals surface area contributed by atoms with Crippen molar-refractivity contribution in [2.45, 2.75) is 58.9 Å². The molecule has 0 amide bonds. The maximum absolute atomic E-state index is 15.2. The summed E-state index contributed by atoms with van der Waals surface area (Å²) in [4.78, 5) is 18.8. The fourth-order valence-electron chi connectivity index (χ4n) is 5.56. The summed E-state index contributed by atoms with van der Waals surface area (Å²) in [5.74, 6) is 0.464. The number of anilines is 2. The van der Waals surface area contributed by atoms with Crippen LogP contribution in [0.15, 0.2) is 42.6 Å². The van der Waals surface area contributed by atoms with Gasteiger partial charge in [0.2, 0.25) is 11.9 Å². The molecule has 0 N–H and O–H groups in total. The summed E-state index contributed by atoms with van der Waals surface area (Å²) in [6.07, 6.45) is 2.57. The summed E-state index contributed by atoms with van der Waals surface area (Å²) in [7, 11) is 0.289. The molecule has 3 aromatic heterocycles. The lowest BCUT2D eigenvalue weighted by atomic mass is 10.2. The first kappa shape index (κ1) is 32.8. The summed E-state index contributed by atoms with van der Waals surface area (Å²) < 4.78 is 50.3. The van der Waals surface area contributed by atoms with Crippen molar-refractivity contribution in [1.82, 2.24) is 29.1 Å². The minimum Gasteiger partial charge on any atom is -0.497 e. The van der Waals surface area contributed by atoms with Crippen LogP contribution in [0.4, 0.5) is 20.7 Å². The topological polar surface area (TPSA) is 95.1 Å². The molecule has 11 nitrogen and oxygen atoms in total. The van der Waals surface area contributed by atoms with Gasteiger partial charge in [-0.15, -0.1) is 0 Å². The summed E-state index contributed by atoms with van der Waals surface area (Å²) in [6.45, 7) is 12.8. The minimum absolute atomic E-state index is 0.0348. The van der Waals surface area contributed by atoms with Gasteiger partial charge in [-0.25, -0.2) is 13.8 Å². The molecule has 1 saturated heterocycles. The van der Waals surface area contributed by atoms with E-state index < -0.39 is 19.7 Å². The number of morpholine rings is 1. The number of rotatable bonds is 13. The number of methoxy groups -OCH3 is 1. The fraction of sp³-hybridized carbons (Fsp3) is 0.455. The number of imidazole rings is 1. The molecule has 0 bridgehead atoms. The van der Waals surface area contributed by atoms with Crippen LogP contribution in [0.2, 0.25) is 25.7 Å². The van der Waals surface area contributed by atoms with E-state index in [-0.39, 0.29) is 18.8 Å². The van der Waals surface area contributed by atoms with Gasteiger partial charge < -0.3 is 28.6 Å². The number of nitrogens with zero attached hydrogens (tertiary/aromatic N) is 8. The third-order valence-electron chi connectivity index (χ3n) is 8.34. The van der Waals surface area contributed by atoms with E-state index in [1.165, 1.54) is 0 Å². The molecule has 1 fully saturated rings. The Labute approximate surface area is 274 Å². The number of fused-ring (bicyclic) bond motifs is 2. The fourth-order valence-corrected chi connectivity index (χ4v) is 6.31. The van der Waals surface area contributed by atoms with Gasteiger partial charge in [0.1, 0.15) is 23.8 Å². The predicted octanol–water partition coefficient (Wildman–Crippen LogP) is 5.68. The van der Waals surface area contributed by atoms with Gasteiger partial charge in [0.15, 0.2) is 17.3 Å². The van der Waals surface area contributed by atoms with Crippen molar-refractivity contribution in [2.75, 3.05) is 49.8 Å². The molecule has 0 radical (unpaired) electrons. The minimum atomic E-state index is -1.34. The zero-order chi connectivity index (χ0) is 33.1. The third kappa shape index (κ3) is 7.24. The highest BCUT2D eigenvalue weighted by Gasteiger charge is 2.25. The van der Waals surface area contributed by atoms with Gasteiger partial charge in [0.05, 0.1) is 38.6 Å². The Bertz CT molecular complexity index is 1830. The molecule has 0 atom stereocenters. The van der Waals surface area contributed by atoms with Crippen LogP contribution in [0.25, 0.3) is 16.7 Å². The number of hydrogen-bond donors (Lipinski definition) is 0. The molecule has 0 saturated carbocycles. The van der Waals surface area contributed by atoms with Crippen LogP contribution in [0, 0.1) is 11.6 Å². The number of aryl methyl sites for hydroxylation is 1. The molecule has 6 rings (SSSR count). The van der Waals surface area contributed by atoms with Crippen molar-refractivity contribution < 1.29 is 23.0 Å². The van der Waals surface area contributed by atoms with Crippen molar-refractivity contribution in [3.63, 3.8) is 0 Å². The first-order valence-corrected chi connectivity index (χ1v) is 19.7. The van der Waals surface area contributed by atoms with Crippen LogP contribution in [0.5, 0.6) is 5.75 Å². The Hall–Kier alpha value is -4.14. The Morgan fingerprint density at radius 1 is 0.979 bits per heavy atom. The van der Waals surface area contributed by atoms with Gasteiger partial charge in [-0.3, -0.25) is 0 Å². The van der Waals surface area contributed by atoms with Crippen LogP contribution in [-0.4, -0.2) is 77.2 Å². The van der Waals surface area contributed by atoms with Crippen LogP contribution < -0.4 is 14.5 Å². The van der Waals surface area contributed by atoms with E-state index in [1.54, 1.807) is 17.7 Å². The number of hydrogen-bond acceptors (Lipinski definition) is 9.